The second-order valence-corrected chi connectivity index (χ2v) is 9.78. The summed E-state index contributed by atoms with van der Waals surface area (Å²) in [6.45, 7) is 3.86. The Bertz CT molecular complexity index is 939. The minimum Gasteiger partial charge on any atom is -0.377 e. The van der Waals surface area contributed by atoms with E-state index in [1.165, 1.54) is 0 Å². The van der Waals surface area contributed by atoms with Gasteiger partial charge in [-0.1, -0.05) is 18.2 Å². The van der Waals surface area contributed by atoms with Crippen LogP contribution in [0.5, 0.6) is 0 Å². The first-order chi connectivity index (χ1) is 13.2. The fraction of sp³-hybridized carbons (Fsp3) is 0.381. The van der Waals surface area contributed by atoms with Crippen molar-refractivity contribution in [1.82, 2.24) is 4.90 Å². The summed E-state index contributed by atoms with van der Waals surface area (Å²) in [6, 6.07) is 13.3. The molecule has 3 rings (SSSR count). The largest absolute Gasteiger partial charge is 0.377 e. The highest BCUT2D eigenvalue weighted by atomic mass is 32.2. The van der Waals surface area contributed by atoms with Crippen molar-refractivity contribution in [2.24, 2.45) is 0 Å². The van der Waals surface area contributed by atoms with Crippen LogP contribution in [0.2, 0.25) is 0 Å². The molecule has 1 fully saturated rings. The van der Waals surface area contributed by atoms with Gasteiger partial charge in [0.25, 0.3) is 5.91 Å². The topological polar surface area (TPSA) is 69.7 Å². The SMILES string of the molecule is Cc1ccc(NC(=O)c2ccc(CN3CCS(=O)(=O)CC3)cc2)cc1N(C)C. The Labute approximate surface area is 167 Å². The molecule has 1 N–H and O–H groups in total. The standard InChI is InChI=1S/C21H27N3O3S/c1-16-4-9-19(14-20(16)23(2)3)22-21(25)18-7-5-17(6-8-18)15-24-10-12-28(26,27)13-11-24/h4-9,14H,10-13,15H2,1-3H3,(H,22,25). The molecular weight excluding hydrogens is 374 g/mol. The smallest absolute Gasteiger partial charge is 0.255 e. The molecule has 1 aliphatic rings. The molecule has 2 aromatic carbocycles. The summed E-state index contributed by atoms with van der Waals surface area (Å²) in [4.78, 5) is 16.7. The predicted molar refractivity (Wildman–Crippen MR) is 114 cm³/mol. The van der Waals surface area contributed by atoms with Gasteiger partial charge in [-0.2, -0.15) is 0 Å². The van der Waals surface area contributed by atoms with Gasteiger partial charge in [0.1, 0.15) is 0 Å². The highest BCUT2D eigenvalue weighted by Crippen LogP contribution is 2.23. The molecule has 0 bridgehead atoms. The van der Waals surface area contributed by atoms with Crippen LogP contribution < -0.4 is 10.2 Å². The number of benzene rings is 2. The van der Waals surface area contributed by atoms with E-state index in [9.17, 15) is 13.2 Å². The molecule has 0 spiro atoms. The number of aryl methyl sites for hydroxylation is 1. The van der Waals surface area contributed by atoms with E-state index in [0.29, 0.717) is 25.2 Å². The van der Waals surface area contributed by atoms with Crippen molar-refractivity contribution in [3.05, 3.63) is 59.2 Å². The zero-order valence-corrected chi connectivity index (χ0v) is 17.4. The van der Waals surface area contributed by atoms with Crippen molar-refractivity contribution in [2.45, 2.75) is 13.5 Å². The Morgan fingerprint density at radius 3 is 2.32 bits per heavy atom. The maximum atomic E-state index is 12.6. The second-order valence-electron chi connectivity index (χ2n) is 7.47. The average Bonchev–Trinajstić information content (AvgIpc) is 2.65. The van der Waals surface area contributed by atoms with Crippen molar-refractivity contribution >= 4 is 27.1 Å². The molecule has 0 aromatic heterocycles. The molecule has 150 valence electrons. The number of hydrogen-bond acceptors (Lipinski definition) is 5. The molecule has 0 saturated carbocycles. The lowest BCUT2D eigenvalue weighted by molar-refractivity contribution is 0.102. The molecule has 1 amide bonds. The van der Waals surface area contributed by atoms with E-state index in [0.717, 1.165) is 22.5 Å². The van der Waals surface area contributed by atoms with Gasteiger partial charge >= 0.3 is 0 Å². The van der Waals surface area contributed by atoms with Crippen molar-refractivity contribution in [2.75, 3.05) is 48.9 Å². The van der Waals surface area contributed by atoms with E-state index >= 15 is 0 Å². The summed E-state index contributed by atoms with van der Waals surface area (Å²) in [5.74, 6) is 0.294. The fourth-order valence-electron chi connectivity index (χ4n) is 3.30. The van der Waals surface area contributed by atoms with Crippen LogP contribution in [0.4, 0.5) is 11.4 Å². The molecule has 1 heterocycles. The van der Waals surface area contributed by atoms with Crippen molar-refractivity contribution in [3.63, 3.8) is 0 Å². The lowest BCUT2D eigenvalue weighted by Gasteiger charge is -2.26. The minimum atomic E-state index is -2.86. The van der Waals surface area contributed by atoms with E-state index in [2.05, 4.69) is 10.2 Å². The molecule has 0 aliphatic carbocycles. The minimum absolute atomic E-state index is 0.149. The van der Waals surface area contributed by atoms with E-state index in [4.69, 9.17) is 0 Å². The molecular formula is C21H27N3O3S. The third-order valence-electron chi connectivity index (χ3n) is 5.01. The molecule has 0 unspecified atom stereocenters. The van der Waals surface area contributed by atoms with Crippen LogP contribution >= 0.6 is 0 Å². The van der Waals surface area contributed by atoms with E-state index in [1.54, 1.807) is 0 Å². The van der Waals surface area contributed by atoms with Crippen LogP contribution in [0.25, 0.3) is 0 Å². The number of carbonyl (C=O) groups excluding carboxylic acids is 1. The number of nitrogens with one attached hydrogen (secondary N) is 1. The molecule has 0 radical (unpaired) electrons. The quantitative estimate of drug-likeness (QED) is 0.834. The highest BCUT2D eigenvalue weighted by Gasteiger charge is 2.21. The Kier molecular flexibility index (Phi) is 6.05. The first-order valence-corrected chi connectivity index (χ1v) is 11.2. The molecule has 7 heteroatoms. The number of sulfone groups is 1. The predicted octanol–water partition coefficient (Wildman–Crippen LogP) is 2.54. The van der Waals surface area contributed by atoms with Crippen molar-refractivity contribution in [3.8, 4) is 0 Å². The normalized spacial score (nSPS) is 16.5. The summed E-state index contributed by atoms with van der Waals surface area (Å²) < 4.78 is 23.0. The van der Waals surface area contributed by atoms with Crippen molar-refractivity contribution in [1.29, 1.82) is 0 Å². The molecule has 28 heavy (non-hydrogen) atoms. The number of carbonyl (C=O) groups is 1. The lowest BCUT2D eigenvalue weighted by atomic mass is 10.1. The van der Waals surface area contributed by atoms with Crippen molar-refractivity contribution < 1.29 is 13.2 Å². The van der Waals surface area contributed by atoms with Crippen LogP contribution in [0, 0.1) is 6.92 Å². The van der Waals surface area contributed by atoms with Gasteiger partial charge in [-0.15, -0.1) is 0 Å². The van der Waals surface area contributed by atoms with Gasteiger partial charge in [0.2, 0.25) is 0 Å². The van der Waals surface area contributed by atoms with Crippen LogP contribution in [-0.4, -0.2) is 57.9 Å². The Morgan fingerprint density at radius 2 is 1.71 bits per heavy atom. The molecule has 1 saturated heterocycles. The summed E-state index contributed by atoms with van der Waals surface area (Å²) >= 11 is 0. The Morgan fingerprint density at radius 1 is 1.07 bits per heavy atom. The lowest BCUT2D eigenvalue weighted by Crippen LogP contribution is -2.39. The van der Waals surface area contributed by atoms with E-state index < -0.39 is 9.84 Å². The summed E-state index contributed by atoms with van der Waals surface area (Å²) in [5, 5.41) is 2.95. The van der Waals surface area contributed by atoms with Gasteiger partial charge in [0.05, 0.1) is 11.5 Å². The van der Waals surface area contributed by atoms with Gasteiger partial charge in [-0.25, -0.2) is 8.42 Å². The van der Waals surface area contributed by atoms with Gasteiger partial charge < -0.3 is 10.2 Å². The van der Waals surface area contributed by atoms with Crippen LogP contribution in [0.15, 0.2) is 42.5 Å². The first kappa shape index (κ1) is 20.4. The summed E-state index contributed by atoms with van der Waals surface area (Å²) in [7, 11) is 1.09. The zero-order valence-electron chi connectivity index (χ0n) is 16.6. The summed E-state index contributed by atoms with van der Waals surface area (Å²) in [5.41, 5.74) is 4.64. The third kappa shape index (κ3) is 5.11. The molecule has 0 atom stereocenters. The maximum absolute atomic E-state index is 12.6. The first-order valence-electron chi connectivity index (χ1n) is 9.34. The summed E-state index contributed by atoms with van der Waals surface area (Å²) in [6.07, 6.45) is 0. The van der Waals surface area contributed by atoms with Gasteiger partial charge in [-0.05, 0) is 42.3 Å². The van der Waals surface area contributed by atoms with Gasteiger partial charge in [-0.3, -0.25) is 9.69 Å². The average molecular weight is 402 g/mol. The Balaban J connectivity index is 1.62. The molecule has 1 aliphatic heterocycles. The van der Waals surface area contributed by atoms with E-state index in [-0.39, 0.29) is 17.4 Å². The van der Waals surface area contributed by atoms with Gasteiger partial charge in [0.15, 0.2) is 9.84 Å². The number of nitrogens with zero attached hydrogens (tertiary/aromatic N) is 2. The monoisotopic (exact) mass is 401 g/mol. The van der Waals surface area contributed by atoms with Crippen LogP contribution in [0.1, 0.15) is 21.5 Å². The van der Waals surface area contributed by atoms with Gasteiger partial charge in [0, 0.05) is 50.7 Å². The third-order valence-corrected chi connectivity index (χ3v) is 6.62. The number of rotatable bonds is 5. The maximum Gasteiger partial charge on any atom is 0.255 e. The number of anilines is 2. The number of hydrogen-bond donors (Lipinski definition) is 1. The molecule has 2 aromatic rings. The molecule has 6 nitrogen and oxygen atoms in total. The van der Waals surface area contributed by atoms with Crippen LogP contribution in [0.3, 0.4) is 0 Å². The highest BCUT2D eigenvalue weighted by molar-refractivity contribution is 7.91. The number of amides is 1. The fourth-order valence-corrected chi connectivity index (χ4v) is 4.58. The zero-order chi connectivity index (χ0) is 20.3. The Hall–Kier alpha value is -2.38. The second kappa shape index (κ2) is 8.32. The van der Waals surface area contributed by atoms with Crippen LogP contribution in [-0.2, 0) is 16.4 Å². The van der Waals surface area contributed by atoms with E-state index in [1.807, 2.05) is 68.4 Å².